The number of anilines is 1. The van der Waals surface area contributed by atoms with Gasteiger partial charge in [-0.05, 0) is 30.5 Å². The van der Waals surface area contributed by atoms with Crippen molar-refractivity contribution < 1.29 is 13.9 Å². The average molecular weight is 251 g/mol. The Bertz CT molecular complexity index is 467. The Morgan fingerprint density at radius 1 is 1.44 bits per heavy atom. The Morgan fingerprint density at radius 3 is 2.56 bits per heavy atom. The minimum absolute atomic E-state index is 0.120. The van der Waals surface area contributed by atoms with Gasteiger partial charge in [0.1, 0.15) is 5.82 Å². The highest BCUT2D eigenvalue weighted by Gasteiger charge is 2.41. The summed E-state index contributed by atoms with van der Waals surface area (Å²) in [5.41, 5.74) is 0.675. The summed E-state index contributed by atoms with van der Waals surface area (Å²) in [7, 11) is 0. The summed E-state index contributed by atoms with van der Waals surface area (Å²) in [5.74, 6) is -0.268. The number of rotatable bonds is 3. The maximum Gasteiger partial charge on any atom is 0.234 e. The van der Waals surface area contributed by atoms with Crippen LogP contribution in [0.15, 0.2) is 18.2 Å². The maximum atomic E-state index is 13.8. The molecular weight excluding hydrogens is 233 g/mol. The van der Waals surface area contributed by atoms with Crippen LogP contribution in [0.25, 0.3) is 0 Å². The Morgan fingerprint density at radius 2 is 2.11 bits per heavy atom. The molecule has 0 radical (unpaired) electrons. The Hall–Kier alpha value is -1.42. The van der Waals surface area contributed by atoms with E-state index in [1.54, 1.807) is 12.1 Å². The van der Waals surface area contributed by atoms with Gasteiger partial charge in [0.05, 0.1) is 18.6 Å². The zero-order chi connectivity index (χ0) is 13.3. The number of ether oxygens (including phenoxy) is 1. The molecule has 1 heterocycles. The monoisotopic (exact) mass is 251 g/mol. The fourth-order valence-electron chi connectivity index (χ4n) is 1.89. The van der Waals surface area contributed by atoms with E-state index in [1.165, 1.54) is 6.07 Å². The van der Waals surface area contributed by atoms with E-state index in [2.05, 4.69) is 5.32 Å². The molecule has 1 aliphatic rings. The van der Waals surface area contributed by atoms with Gasteiger partial charge in [0.15, 0.2) is 0 Å². The molecule has 2 rings (SSSR count). The highest BCUT2D eigenvalue weighted by Crippen LogP contribution is 2.29. The molecule has 1 saturated heterocycles. The molecule has 1 aromatic rings. The van der Waals surface area contributed by atoms with Crippen molar-refractivity contribution in [1.29, 1.82) is 0 Å². The lowest BCUT2D eigenvalue weighted by Crippen LogP contribution is -2.49. The highest BCUT2D eigenvalue weighted by atomic mass is 19.1. The van der Waals surface area contributed by atoms with E-state index in [9.17, 15) is 9.18 Å². The summed E-state index contributed by atoms with van der Waals surface area (Å²) in [6, 6.07) is 4.82. The topological polar surface area (TPSA) is 38.3 Å². The average Bonchev–Trinajstić information content (AvgIpc) is 2.25. The fraction of sp³-hybridized carbons (Fsp3) is 0.500. The van der Waals surface area contributed by atoms with Crippen LogP contribution in [-0.2, 0) is 9.53 Å². The molecule has 0 aromatic heterocycles. The number of carbonyl (C=O) groups excluding carboxylic acids is 1. The van der Waals surface area contributed by atoms with Crippen molar-refractivity contribution in [2.24, 2.45) is 5.41 Å². The van der Waals surface area contributed by atoms with Crippen molar-refractivity contribution in [3.8, 4) is 0 Å². The maximum absolute atomic E-state index is 13.8. The first kappa shape index (κ1) is 13.0. The van der Waals surface area contributed by atoms with Crippen LogP contribution in [0.3, 0.4) is 0 Å². The van der Waals surface area contributed by atoms with Gasteiger partial charge < -0.3 is 10.1 Å². The predicted octanol–water partition coefficient (Wildman–Crippen LogP) is 2.92. The molecule has 0 aliphatic carbocycles. The molecule has 1 aliphatic heterocycles. The SMILES string of the molecule is CC(C)c1ccc(NC(=O)C2(C)COC2)cc1F. The molecule has 0 bridgehead atoms. The van der Waals surface area contributed by atoms with Crippen LogP contribution >= 0.6 is 0 Å². The van der Waals surface area contributed by atoms with E-state index in [0.29, 0.717) is 24.5 Å². The van der Waals surface area contributed by atoms with Gasteiger partial charge in [-0.25, -0.2) is 4.39 Å². The molecule has 1 N–H and O–H groups in total. The van der Waals surface area contributed by atoms with Gasteiger partial charge in [-0.2, -0.15) is 0 Å². The number of hydrogen-bond acceptors (Lipinski definition) is 2. The normalized spacial score (nSPS) is 17.4. The van der Waals surface area contributed by atoms with Gasteiger partial charge >= 0.3 is 0 Å². The van der Waals surface area contributed by atoms with Crippen LogP contribution in [0, 0.1) is 11.2 Å². The van der Waals surface area contributed by atoms with Gasteiger partial charge in [-0.1, -0.05) is 19.9 Å². The van der Waals surface area contributed by atoms with Gasteiger partial charge in [0, 0.05) is 5.69 Å². The van der Waals surface area contributed by atoms with Crippen molar-refractivity contribution >= 4 is 11.6 Å². The zero-order valence-corrected chi connectivity index (χ0v) is 10.9. The van der Waals surface area contributed by atoms with Crippen LogP contribution in [0.4, 0.5) is 10.1 Å². The summed E-state index contributed by atoms with van der Waals surface area (Å²) in [5, 5.41) is 2.73. The Balaban J connectivity index is 2.11. The van der Waals surface area contributed by atoms with E-state index in [-0.39, 0.29) is 17.6 Å². The number of halogens is 1. The first-order chi connectivity index (χ1) is 8.42. The lowest BCUT2D eigenvalue weighted by molar-refractivity contribution is -0.151. The van der Waals surface area contributed by atoms with Gasteiger partial charge in [-0.3, -0.25) is 4.79 Å². The molecule has 0 spiro atoms. The summed E-state index contributed by atoms with van der Waals surface area (Å²) in [6.07, 6.45) is 0. The number of nitrogens with one attached hydrogen (secondary N) is 1. The molecule has 0 unspecified atom stereocenters. The highest BCUT2D eigenvalue weighted by molar-refractivity contribution is 5.95. The molecule has 0 saturated carbocycles. The van der Waals surface area contributed by atoms with Crippen molar-refractivity contribution in [1.82, 2.24) is 0 Å². The largest absolute Gasteiger partial charge is 0.379 e. The van der Waals surface area contributed by atoms with Crippen LogP contribution in [0.2, 0.25) is 0 Å². The molecule has 1 aromatic carbocycles. The first-order valence-electron chi connectivity index (χ1n) is 6.11. The van der Waals surface area contributed by atoms with Crippen LogP contribution in [-0.4, -0.2) is 19.1 Å². The zero-order valence-electron chi connectivity index (χ0n) is 10.9. The van der Waals surface area contributed by atoms with Gasteiger partial charge in [0.25, 0.3) is 0 Å². The molecule has 4 heteroatoms. The van der Waals surface area contributed by atoms with E-state index in [1.807, 2.05) is 20.8 Å². The van der Waals surface area contributed by atoms with Crippen molar-refractivity contribution in [3.63, 3.8) is 0 Å². The molecule has 1 fully saturated rings. The van der Waals surface area contributed by atoms with E-state index in [4.69, 9.17) is 4.74 Å². The molecule has 18 heavy (non-hydrogen) atoms. The summed E-state index contributed by atoms with van der Waals surface area (Å²) in [4.78, 5) is 11.9. The van der Waals surface area contributed by atoms with E-state index in [0.717, 1.165) is 0 Å². The predicted molar refractivity (Wildman–Crippen MR) is 68.0 cm³/mol. The minimum atomic E-state index is -0.479. The number of benzene rings is 1. The van der Waals surface area contributed by atoms with E-state index >= 15 is 0 Å². The third-order valence-electron chi connectivity index (χ3n) is 3.27. The number of amides is 1. The second-order valence-electron chi connectivity index (χ2n) is 5.40. The first-order valence-corrected chi connectivity index (χ1v) is 6.11. The van der Waals surface area contributed by atoms with Crippen LogP contribution in [0.1, 0.15) is 32.3 Å². The quantitative estimate of drug-likeness (QED) is 0.897. The van der Waals surface area contributed by atoms with E-state index < -0.39 is 5.41 Å². The Labute approximate surface area is 106 Å². The summed E-state index contributed by atoms with van der Waals surface area (Å²) >= 11 is 0. The van der Waals surface area contributed by atoms with Crippen LogP contribution < -0.4 is 5.32 Å². The van der Waals surface area contributed by atoms with Crippen molar-refractivity contribution in [3.05, 3.63) is 29.6 Å². The molecular formula is C14H18FNO2. The standard InChI is InChI=1S/C14H18FNO2/c1-9(2)11-5-4-10(6-12(11)15)16-13(17)14(3)7-18-8-14/h4-6,9H,7-8H2,1-3H3,(H,16,17). The minimum Gasteiger partial charge on any atom is -0.379 e. The number of carbonyl (C=O) groups is 1. The smallest absolute Gasteiger partial charge is 0.234 e. The number of hydrogen-bond donors (Lipinski definition) is 1. The molecule has 3 nitrogen and oxygen atoms in total. The fourth-order valence-corrected chi connectivity index (χ4v) is 1.89. The van der Waals surface area contributed by atoms with Crippen molar-refractivity contribution in [2.45, 2.75) is 26.7 Å². The van der Waals surface area contributed by atoms with Gasteiger partial charge in [-0.15, -0.1) is 0 Å². The summed E-state index contributed by atoms with van der Waals surface area (Å²) in [6.45, 7) is 6.55. The second-order valence-corrected chi connectivity index (χ2v) is 5.40. The molecule has 1 amide bonds. The molecule has 98 valence electrons. The van der Waals surface area contributed by atoms with Gasteiger partial charge in [0.2, 0.25) is 5.91 Å². The summed E-state index contributed by atoms with van der Waals surface area (Å²) < 4.78 is 18.8. The molecule has 0 atom stereocenters. The lowest BCUT2D eigenvalue weighted by atomic mass is 9.87. The third kappa shape index (κ3) is 2.38. The lowest BCUT2D eigenvalue weighted by Gasteiger charge is -2.36. The third-order valence-corrected chi connectivity index (χ3v) is 3.27. The van der Waals surface area contributed by atoms with Crippen molar-refractivity contribution in [2.75, 3.05) is 18.5 Å². The Kier molecular flexibility index (Phi) is 3.39. The second kappa shape index (κ2) is 4.69. The van der Waals surface area contributed by atoms with Crippen LogP contribution in [0.5, 0.6) is 0 Å².